The zero-order valence-corrected chi connectivity index (χ0v) is 11.9. The Kier molecular flexibility index (Phi) is 5.08. The Morgan fingerprint density at radius 2 is 2.05 bits per heavy atom. The van der Waals surface area contributed by atoms with E-state index in [0.717, 1.165) is 11.1 Å². The maximum Gasteiger partial charge on any atom is 0.252 e. The molecular formula is C17H17N3O. The zero-order chi connectivity index (χ0) is 15.1. The van der Waals surface area contributed by atoms with Crippen LogP contribution in [0.3, 0.4) is 0 Å². The van der Waals surface area contributed by atoms with Crippen LogP contribution in [0.25, 0.3) is 0 Å². The maximum atomic E-state index is 12.3. The fourth-order valence-corrected chi connectivity index (χ4v) is 1.88. The topological polar surface area (TPSA) is 68.0 Å². The van der Waals surface area contributed by atoms with E-state index in [1.54, 1.807) is 12.4 Å². The van der Waals surface area contributed by atoms with Crippen LogP contribution in [0.15, 0.2) is 42.7 Å². The number of carbonyl (C=O) groups is 1. The molecule has 1 heterocycles. The van der Waals surface area contributed by atoms with Gasteiger partial charge in [-0.25, -0.2) is 0 Å². The second kappa shape index (κ2) is 7.22. The SMILES string of the molecule is Cc1ccc(C#CCN)c(C(=O)NCc2ccncc2)c1. The van der Waals surface area contributed by atoms with Crippen molar-refractivity contribution in [2.45, 2.75) is 13.5 Å². The van der Waals surface area contributed by atoms with Crippen molar-refractivity contribution in [1.82, 2.24) is 10.3 Å². The van der Waals surface area contributed by atoms with Crippen LogP contribution in [0.2, 0.25) is 0 Å². The van der Waals surface area contributed by atoms with Gasteiger partial charge in [-0.1, -0.05) is 23.5 Å². The number of nitrogens with zero attached hydrogens (tertiary/aromatic N) is 1. The molecule has 0 aliphatic rings. The predicted molar refractivity (Wildman–Crippen MR) is 82.5 cm³/mol. The summed E-state index contributed by atoms with van der Waals surface area (Å²) in [4.78, 5) is 16.3. The van der Waals surface area contributed by atoms with Crippen molar-refractivity contribution >= 4 is 5.91 Å². The molecule has 2 aromatic rings. The van der Waals surface area contributed by atoms with Crippen LogP contribution in [-0.4, -0.2) is 17.4 Å². The highest BCUT2D eigenvalue weighted by molar-refractivity contribution is 5.96. The van der Waals surface area contributed by atoms with Gasteiger partial charge < -0.3 is 11.1 Å². The van der Waals surface area contributed by atoms with Crippen molar-refractivity contribution in [2.24, 2.45) is 5.73 Å². The Balaban J connectivity index is 2.16. The molecule has 0 saturated carbocycles. The second-order valence-electron chi connectivity index (χ2n) is 4.59. The van der Waals surface area contributed by atoms with Gasteiger partial charge in [-0.3, -0.25) is 9.78 Å². The molecule has 0 aliphatic carbocycles. The first-order chi connectivity index (χ1) is 10.2. The first-order valence-electron chi connectivity index (χ1n) is 6.67. The van der Waals surface area contributed by atoms with Crippen LogP contribution in [0, 0.1) is 18.8 Å². The van der Waals surface area contributed by atoms with Gasteiger partial charge in [0.2, 0.25) is 0 Å². The molecule has 0 spiro atoms. The molecule has 0 aliphatic heterocycles. The van der Waals surface area contributed by atoms with Crippen LogP contribution in [-0.2, 0) is 6.54 Å². The van der Waals surface area contributed by atoms with Crippen LogP contribution in [0.4, 0.5) is 0 Å². The Morgan fingerprint density at radius 1 is 1.29 bits per heavy atom. The molecule has 1 aromatic carbocycles. The van der Waals surface area contributed by atoms with Crippen molar-refractivity contribution in [3.8, 4) is 11.8 Å². The van der Waals surface area contributed by atoms with Crippen molar-refractivity contribution in [1.29, 1.82) is 0 Å². The van der Waals surface area contributed by atoms with Crippen molar-refractivity contribution in [3.63, 3.8) is 0 Å². The summed E-state index contributed by atoms with van der Waals surface area (Å²) in [6.07, 6.45) is 3.40. The van der Waals surface area contributed by atoms with Gasteiger partial charge in [0, 0.05) is 24.5 Å². The molecule has 0 fully saturated rings. The Morgan fingerprint density at radius 3 is 2.76 bits per heavy atom. The van der Waals surface area contributed by atoms with Crippen molar-refractivity contribution in [3.05, 3.63) is 65.0 Å². The molecule has 3 N–H and O–H groups in total. The lowest BCUT2D eigenvalue weighted by atomic mass is 10.0. The van der Waals surface area contributed by atoms with Gasteiger partial charge in [0.15, 0.2) is 0 Å². The van der Waals surface area contributed by atoms with E-state index in [1.165, 1.54) is 0 Å². The third-order valence-corrected chi connectivity index (χ3v) is 2.95. The molecule has 106 valence electrons. The lowest BCUT2D eigenvalue weighted by Gasteiger charge is -2.08. The van der Waals surface area contributed by atoms with Gasteiger partial charge in [0.25, 0.3) is 5.91 Å². The van der Waals surface area contributed by atoms with E-state index in [-0.39, 0.29) is 12.5 Å². The summed E-state index contributed by atoms with van der Waals surface area (Å²) in [5, 5.41) is 2.89. The summed E-state index contributed by atoms with van der Waals surface area (Å²) in [7, 11) is 0. The fraction of sp³-hybridized carbons (Fsp3) is 0.176. The number of nitrogens with one attached hydrogen (secondary N) is 1. The summed E-state index contributed by atoms with van der Waals surface area (Å²) in [6.45, 7) is 2.67. The third-order valence-electron chi connectivity index (χ3n) is 2.95. The molecular weight excluding hydrogens is 262 g/mol. The number of hydrogen-bond acceptors (Lipinski definition) is 3. The number of amides is 1. The van der Waals surface area contributed by atoms with E-state index in [0.29, 0.717) is 17.7 Å². The van der Waals surface area contributed by atoms with E-state index in [9.17, 15) is 4.79 Å². The molecule has 1 aromatic heterocycles. The summed E-state index contributed by atoms with van der Waals surface area (Å²) in [5.41, 5.74) is 8.67. The minimum absolute atomic E-state index is 0.142. The molecule has 0 unspecified atom stereocenters. The quantitative estimate of drug-likeness (QED) is 0.839. The van der Waals surface area contributed by atoms with E-state index >= 15 is 0 Å². The van der Waals surface area contributed by atoms with Gasteiger partial charge in [-0.05, 0) is 36.8 Å². The van der Waals surface area contributed by atoms with Gasteiger partial charge in [0.1, 0.15) is 0 Å². The molecule has 2 rings (SSSR count). The predicted octanol–water partition coefficient (Wildman–Crippen LogP) is 1.63. The molecule has 0 bridgehead atoms. The van der Waals surface area contributed by atoms with Crippen LogP contribution < -0.4 is 11.1 Å². The molecule has 0 radical (unpaired) electrons. The molecule has 21 heavy (non-hydrogen) atoms. The standard InChI is InChI=1S/C17H17N3O/c1-13-4-5-15(3-2-8-18)16(11-13)17(21)20-12-14-6-9-19-10-7-14/h4-7,9-11H,8,12,18H2,1H3,(H,20,21). The van der Waals surface area contributed by atoms with Crippen LogP contribution in [0.5, 0.6) is 0 Å². The normalized spacial score (nSPS) is 9.62. The number of benzene rings is 1. The summed E-state index contributed by atoms with van der Waals surface area (Å²) in [5.74, 6) is 5.57. The van der Waals surface area contributed by atoms with Gasteiger partial charge in [-0.15, -0.1) is 0 Å². The number of pyridine rings is 1. The van der Waals surface area contributed by atoms with Gasteiger partial charge in [0.05, 0.1) is 12.1 Å². The van der Waals surface area contributed by atoms with Gasteiger partial charge in [-0.2, -0.15) is 0 Å². The van der Waals surface area contributed by atoms with E-state index < -0.39 is 0 Å². The molecule has 1 amide bonds. The summed E-state index contributed by atoms with van der Waals surface area (Å²) < 4.78 is 0. The average molecular weight is 279 g/mol. The monoisotopic (exact) mass is 279 g/mol. The second-order valence-corrected chi connectivity index (χ2v) is 4.59. The number of aromatic nitrogens is 1. The molecule has 4 heteroatoms. The molecule has 0 atom stereocenters. The smallest absolute Gasteiger partial charge is 0.252 e. The van der Waals surface area contributed by atoms with E-state index in [4.69, 9.17) is 5.73 Å². The number of rotatable bonds is 3. The lowest BCUT2D eigenvalue weighted by molar-refractivity contribution is 0.0950. The minimum atomic E-state index is -0.142. The Bertz CT molecular complexity index is 684. The first kappa shape index (κ1) is 14.8. The van der Waals surface area contributed by atoms with E-state index in [1.807, 2.05) is 37.3 Å². The third kappa shape index (κ3) is 4.16. The maximum absolute atomic E-state index is 12.3. The van der Waals surface area contributed by atoms with Crippen molar-refractivity contribution < 1.29 is 4.79 Å². The summed E-state index contributed by atoms with van der Waals surface area (Å²) in [6, 6.07) is 9.35. The fourth-order valence-electron chi connectivity index (χ4n) is 1.88. The molecule has 4 nitrogen and oxygen atoms in total. The van der Waals surface area contributed by atoms with Crippen LogP contribution >= 0.6 is 0 Å². The van der Waals surface area contributed by atoms with E-state index in [2.05, 4.69) is 22.1 Å². The number of hydrogen-bond donors (Lipinski definition) is 2. The number of nitrogens with two attached hydrogens (primary N) is 1. The Hall–Kier alpha value is -2.64. The first-order valence-corrected chi connectivity index (χ1v) is 6.67. The van der Waals surface area contributed by atoms with Gasteiger partial charge >= 0.3 is 0 Å². The lowest BCUT2D eigenvalue weighted by Crippen LogP contribution is -2.23. The zero-order valence-electron chi connectivity index (χ0n) is 11.9. The highest BCUT2D eigenvalue weighted by atomic mass is 16.1. The average Bonchev–Trinajstić information content (AvgIpc) is 2.52. The molecule has 0 saturated heterocycles. The summed E-state index contributed by atoms with van der Waals surface area (Å²) >= 11 is 0. The minimum Gasteiger partial charge on any atom is -0.348 e. The number of aryl methyl sites for hydroxylation is 1. The highest BCUT2D eigenvalue weighted by Crippen LogP contribution is 2.11. The largest absolute Gasteiger partial charge is 0.348 e. The van der Waals surface area contributed by atoms with Crippen LogP contribution in [0.1, 0.15) is 27.0 Å². The van der Waals surface area contributed by atoms with Crippen molar-refractivity contribution in [2.75, 3.05) is 6.54 Å². The highest BCUT2D eigenvalue weighted by Gasteiger charge is 2.10. The Labute approximate surface area is 124 Å². The number of carbonyl (C=O) groups excluding carboxylic acids is 1.